The monoisotopic (exact) mass is 141 g/mol. The largest absolute Gasteiger partial charge is 0.0654 e. The van der Waals surface area contributed by atoms with E-state index in [1.54, 1.807) is 0 Å². The maximum absolute atomic E-state index is 2.31. The molecule has 0 aliphatic carbocycles. The molecular weight excluding hydrogens is 120 g/mol. The van der Waals surface area contributed by atoms with E-state index in [0.717, 1.165) is 0 Å². The van der Waals surface area contributed by atoms with Crippen LogP contribution in [0.1, 0.15) is 53.4 Å². The third-order valence-electron chi connectivity index (χ3n) is 2.21. The summed E-state index contributed by atoms with van der Waals surface area (Å²) in [6.07, 6.45) is 7.75. The first-order valence-corrected chi connectivity index (χ1v) is 4.43. The first-order chi connectivity index (χ1) is 4.62. The minimum absolute atomic E-state index is 0.467. The Bertz CT molecular complexity index is 72.1. The van der Waals surface area contributed by atoms with Crippen molar-refractivity contribution >= 4 is 0 Å². The Labute approximate surface area is 66.0 Å². The lowest BCUT2D eigenvalue weighted by atomic mass is 9.84. The van der Waals surface area contributed by atoms with Gasteiger partial charge in [0.2, 0.25) is 0 Å². The van der Waals surface area contributed by atoms with Crippen molar-refractivity contribution in [2.75, 3.05) is 0 Å². The second-order valence-corrected chi connectivity index (χ2v) is 3.73. The highest BCUT2D eigenvalue weighted by Gasteiger charge is 2.13. The van der Waals surface area contributed by atoms with Gasteiger partial charge >= 0.3 is 0 Å². The minimum atomic E-state index is 0.467. The average molecular weight is 141 g/mol. The quantitative estimate of drug-likeness (QED) is 0.511. The molecule has 0 aromatic rings. The lowest BCUT2D eigenvalue weighted by molar-refractivity contribution is 0.381. The standard InChI is InChI=1S/C10H21/c1-5-7-8-9-10(3,4)6-2/h6H,5,7-9H2,1-4H3. The van der Waals surface area contributed by atoms with Crippen LogP contribution in [0.5, 0.6) is 0 Å². The summed E-state index contributed by atoms with van der Waals surface area (Å²) >= 11 is 0. The van der Waals surface area contributed by atoms with E-state index in [1.807, 2.05) is 0 Å². The van der Waals surface area contributed by atoms with Crippen molar-refractivity contribution in [3.05, 3.63) is 6.42 Å². The van der Waals surface area contributed by atoms with Crippen LogP contribution in [-0.2, 0) is 0 Å². The van der Waals surface area contributed by atoms with Crippen LogP contribution in [0, 0.1) is 11.8 Å². The van der Waals surface area contributed by atoms with Crippen molar-refractivity contribution in [1.82, 2.24) is 0 Å². The van der Waals surface area contributed by atoms with Crippen molar-refractivity contribution in [3.63, 3.8) is 0 Å². The van der Waals surface area contributed by atoms with Gasteiger partial charge in [0.15, 0.2) is 0 Å². The molecule has 0 atom stereocenters. The molecule has 0 aliphatic rings. The third kappa shape index (κ3) is 4.84. The molecular formula is C10H21. The average Bonchev–Trinajstić information content (AvgIpc) is 1.89. The summed E-state index contributed by atoms with van der Waals surface area (Å²) in [5.74, 6) is 0. The summed E-state index contributed by atoms with van der Waals surface area (Å²) in [4.78, 5) is 0. The molecule has 0 aromatic heterocycles. The molecule has 0 aromatic carbocycles. The molecule has 0 fully saturated rings. The highest BCUT2D eigenvalue weighted by molar-refractivity contribution is 4.80. The van der Waals surface area contributed by atoms with Gasteiger partial charge in [-0.3, -0.25) is 0 Å². The normalized spacial score (nSPS) is 12.0. The first-order valence-electron chi connectivity index (χ1n) is 4.43. The zero-order valence-corrected chi connectivity index (χ0v) is 7.91. The van der Waals surface area contributed by atoms with Crippen LogP contribution < -0.4 is 0 Å². The second kappa shape index (κ2) is 4.76. The molecule has 0 saturated carbocycles. The van der Waals surface area contributed by atoms with Crippen molar-refractivity contribution in [2.24, 2.45) is 5.41 Å². The number of rotatable bonds is 5. The van der Waals surface area contributed by atoms with E-state index in [4.69, 9.17) is 0 Å². The van der Waals surface area contributed by atoms with Gasteiger partial charge < -0.3 is 0 Å². The molecule has 10 heavy (non-hydrogen) atoms. The molecule has 0 bridgehead atoms. The van der Waals surface area contributed by atoms with Gasteiger partial charge in [-0.15, -0.1) is 0 Å². The molecule has 0 heterocycles. The van der Waals surface area contributed by atoms with Crippen LogP contribution in [0.4, 0.5) is 0 Å². The Morgan fingerprint density at radius 2 is 1.80 bits per heavy atom. The number of unbranched alkanes of at least 4 members (excludes halogenated alkanes) is 2. The van der Waals surface area contributed by atoms with Gasteiger partial charge in [0.05, 0.1) is 0 Å². The van der Waals surface area contributed by atoms with E-state index in [9.17, 15) is 0 Å². The summed E-state index contributed by atoms with van der Waals surface area (Å²) in [7, 11) is 0. The van der Waals surface area contributed by atoms with E-state index in [-0.39, 0.29) is 0 Å². The van der Waals surface area contributed by atoms with Crippen LogP contribution >= 0.6 is 0 Å². The lowest BCUT2D eigenvalue weighted by Crippen LogP contribution is -2.09. The van der Waals surface area contributed by atoms with Gasteiger partial charge in [0, 0.05) is 0 Å². The van der Waals surface area contributed by atoms with Gasteiger partial charge in [-0.1, -0.05) is 47.0 Å². The van der Waals surface area contributed by atoms with Gasteiger partial charge in [0.1, 0.15) is 0 Å². The Balaban J connectivity index is 3.28. The predicted molar refractivity (Wildman–Crippen MR) is 47.9 cm³/mol. The SMILES string of the molecule is C[CH]C(C)(C)CCCCC. The van der Waals surface area contributed by atoms with Gasteiger partial charge in [0.25, 0.3) is 0 Å². The van der Waals surface area contributed by atoms with Crippen LogP contribution in [0.3, 0.4) is 0 Å². The molecule has 0 N–H and O–H groups in total. The second-order valence-electron chi connectivity index (χ2n) is 3.73. The van der Waals surface area contributed by atoms with Crippen LogP contribution in [0.2, 0.25) is 0 Å². The molecule has 1 radical (unpaired) electrons. The summed E-state index contributed by atoms with van der Waals surface area (Å²) < 4.78 is 0. The smallest absolute Gasteiger partial charge is 0.0326 e. The predicted octanol–water partition coefficient (Wildman–Crippen LogP) is 3.82. The topological polar surface area (TPSA) is 0 Å². The molecule has 61 valence electrons. The molecule has 0 spiro atoms. The molecule has 0 amide bonds. The Morgan fingerprint density at radius 3 is 2.20 bits per heavy atom. The molecule has 0 rings (SSSR count). The van der Waals surface area contributed by atoms with Crippen LogP contribution in [0.25, 0.3) is 0 Å². The fourth-order valence-electron chi connectivity index (χ4n) is 0.975. The Kier molecular flexibility index (Phi) is 4.76. The molecule has 0 saturated heterocycles. The summed E-state index contributed by atoms with van der Waals surface area (Å²) in [5, 5.41) is 0. The summed E-state index contributed by atoms with van der Waals surface area (Å²) in [6, 6.07) is 0. The van der Waals surface area contributed by atoms with Gasteiger partial charge in [-0.05, 0) is 18.3 Å². The Hall–Kier alpha value is 0. The summed E-state index contributed by atoms with van der Waals surface area (Å²) in [5.41, 5.74) is 0.467. The zero-order chi connectivity index (χ0) is 8.04. The van der Waals surface area contributed by atoms with Gasteiger partial charge in [-0.25, -0.2) is 0 Å². The van der Waals surface area contributed by atoms with E-state index >= 15 is 0 Å². The zero-order valence-electron chi connectivity index (χ0n) is 7.91. The minimum Gasteiger partial charge on any atom is -0.0654 e. The molecule has 0 nitrogen and oxygen atoms in total. The highest BCUT2D eigenvalue weighted by Crippen LogP contribution is 2.25. The highest BCUT2D eigenvalue weighted by atomic mass is 14.2. The van der Waals surface area contributed by atoms with Crippen molar-refractivity contribution in [1.29, 1.82) is 0 Å². The maximum Gasteiger partial charge on any atom is -0.0326 e. The van der Waals surface area contributed by atoms with E-state index in [2.05, 4.69) is 34.1 Å². The van der Waals surface area contributed by atoms with Crippen molar-refractivity contribution < 1.29 is 0 Å². The summed E-state index contributed by atoms with van der Waals surface area (Å²) in [6.45, 7) is 9.03. The fourth-order valence-corrected chi connectivity index (χ4v) is 0.975. The molecule has 0 unspecified atom stereocenters. The third-order valence-corrected chi connectivity index (χ3v) is 2.21. The first kappa shape index (κ1) is 10.0. The van der Waals surface area contributed by atoms with Crippen LogP contribution in [-0.4, -0.2) is 0 Å². The Morgan fingerprint density at radius 1 is 1.20 bits per heavy atom. The number of hydrogen-bond acceptors (Lipinski definition) is 0. The van der Waals surface area contributed by atoms with Gasteiger partial charge in [-0.2, -0.15) is 0 Å². The lowest BCUT2D eigenvalue weighted by Gasteiger charge is -2.21. The van der Waals surface area contributed by atoms with Crippen molar-refractivity contribution in [2.45, 2.75) is 53.4 Å². The fraction of sp³-hybridized carbons (Fsp3) is 0.900. The van der Waals surface area contributed by atoms with E-state index in [0.29, 0.717) is 5.41 Å². The van der Waals surface area contributed by atoms with E-state index < -0.39 is 0 Å². The molecule has 0 heteroatoms. The van der Waals surface area contributed by atoms with E-state index in [1.165, 1.54) is 25.7 Å². The molecule has 0 aliphatic heterocycles. The number of hydrogen-bond donors (Lipinski definition) is 0. The van der Waals surface area contributed by atoms with Crippen molar-refractivity contribution in [3.8, 4) is 0 Å². The van der Waals surface area contributed by atoms with Crippen LogP contribution in [0.15, 0.2) is 0 Å². The maximum atomic E-state index is 2.31.